The summed E-state index contributed by atoms with van der Waals surface area (Å²) < 4.78 is 101. The highest BCUT2D eigenvalue weighted by Crippen LogP contribution is 2.32. The van der Waals surface area contributed by atoms with Gasteiger partial charge in [-0.05, 0) is 24.3 Å². The number of hydrogen-bond acceptors (Lipinski definition) is 6. The molecule has 0 aliphatic rings. The second-order valence-electron chi connectivity index (χ2n) is 6.72. The van der Waals surface area contributed by atoms with Crippen LogP contribution in [-0.4, -0.2) is 33.6 Å². The molecule has 1 unspecified atom stereocenters. The predicted octanol–water partition coefficient (Wildman–Crippen LogP) is 5.04. The Hall–Kier alpha value is -3.68. The van der Waals surface area contributed by atoms with E-state index < -0.39 is 62.2 Å². The molecule has 14 heteroatoms. The number of rotatable bonds is 5. The molecule has 0 radical (unpaired) electrons. The Bertz CT molecular complexity index is 1360. The van der Waals surface area contributed by atoms with Crippen LogP contribution < -0.4 is 10.1 Å². The second-order valence-corrected chi connectivity index (χ2v) is 9.16. The lowest BCUT2D eigenvalue weighted by molar-refractivity contribution is -0.141. The van der Waals surface area contributed by atoms with E-state index in [9.17, 15) is 35.3 Å². The lowest BCUT2D eigenvalue weighted by atomic mass is 10.2. The van der Waals surface area contributed by atoms with Crippen LogP contribution in [0.1, 0.15) is 16.1 Å². The van der Waals surface area contributed by atoms with Crippen LogP contribution in [0.25, 0.3) is 0 Å². The van der Waals surface area contributed by atoms with Crippen molar-refractivity contribution >= 4 is 21.3 Å². The largest absolute Gasteiger partial charge is 0.437 e. The van der Waals surface area contributed by atoms with Crippen LogP contribution in [-0.2, 0) is 15.9 Å². The summed E-state index contributed by atoms with van der Waals surface area (Å²) in [5.41, 5.74) is -2.29. The fourth-order valence-electron chi connectivity index (χ4n) is 2.57. The first kappa shape index (κ1) is 25.0. The number of nitrogens with one attached hydrogen (secondary N) is 1. The maximum absolute atomic E-state index is 13.5. The third-order valence-corrected chi connectivity index (χ3v) is 6.17. The maximum Gasteiger partial charge on any atom is 0.435 e. The van der Waals surface area contributed by atoms with Gasteiger partial charge >= 0.3 is 6.18 Å². The van der Waals surface area contributed by atoms with Crippen LogP contribution >= 0.6 is 0 Å². The average molecular weight is 504 g/mol. The van der Waals surface area contributed by atoms with Gasteiger partial charge in [0.15, 0.2) is 23.1 Å². The van der Waals surface area contributed by atoms with E-state index in [0.717, 1.165) is 0 Å². The molecule has 1 N–H and O–H groups in total. The van der Waals surface area contributed by atoms with Gasteiger partial charge in [0.05, 0.1) is 9.73 Å². The lowest BCUT2D eigenvalue weighted by Gasteiger charge is -2.13. The monoisotopic (exact) mass is 504 g/mol. The Balaban J connectivity index is 2.02. The molecule has 0 aliphatic carbocycles. The molecule has 1 heterocycles. The van der Waals surface area contributed by atoms with E-state index in [-0.39, 0.29) is 10.6 Å². The maximum atomic E-state index is 13.5. The fraction of sp³-hybridized carbons (Fsp3) is 0.150. The first-order valence-corrected chi connectivity index (χ1v) is 11.0. The second kappa shape index (κ2) is 9.29. The first-order chi connectivity index (χ1) is 15.8. The molecule has 0 fully saturated rings. The molecule has 0 spiro atoms. The van der Waals surface area contributed by atoms with Crippen molar-refractivity contribution in [2.75, 3.05) is 18.6 Å². The van der Waals surface area contributed by atoms with Gasteiger partial charge in [0.25, 0.3) is 11.8 Å². The fourth-order valence-corrected chi connectivity index (χ4v) is 3.46. The zero-order valence-corrected chi connectivity index (χ0v) is 18.1. The van der Waals surface area contributed by atoms with Gasteiger partial charge in [-0.15, -0.1) is 10.2 Å². The van der Waals surface area contributed by atoms with Crippen molar-refractivity contribution in [2.45, 2.75) is 11.1 Å². The van der Waals surface area contributed by atoms with Crippen LogP contribution in [0.2, 0.25) is 0 Å². The molecular formula is C20H14F6N4O3S. The van der Waals surface area contributed by atoms with Gasteiger partial charge in [0, 0.05) is 36.0 Å². The van der Waals surface area contributed by atoms with Gasteiger partial charge in [-0.1, -0.05) is 6.07 Å². The minimum atomic E-state index is -4.98. The van der Waals surface area contributed by atoms with Crippen molar-refractivity contribution < 1.29 is 40.1 Å². The van der Waals surface area contributed by atoms with E-state index >= 15 is 0 Å². The van der Waals surface area contributed by atoms with Crippen LogP contribution in [0.4, 0.5) is 32.0 Å². The molecule has 180 valence electrons. The summed E-state index contributed by atoms with van der Waals surface area (Å²) in [5.74, 6) is -7.75. The van der Waals surface area contributed by atoms with Crippen LogP contribution in [0, 0.1) is 17.5 Å². The number of aromatic nitrogens is 2. The number of nitrogens with zero attached hydrogens (tertiary/aromatic N) is 3. The minimum Gasteiger partial charge on any atom is -0.437 e. The standard InChI is InChI=1S/C20H14F6N4O3S/c1-27-34(2,32)12-5-3-4-10(6-12)28-18(31)13-9-16(20(24,25)26)29-30-19(13)33-11-7-14(21)17(23)15(22)8-11/h3-9H,1-2H3,(H,28,31). The smallest absolute Gasteiger partial charge is 0.435 e. The highest BCUT2D eigenvalue weighted by molar-refractivity contribution is 7.93. The molecule has 1 amide bonds. The Kier molecular flexibility index (Phi) is 6.82. The minimum absolute atomic E-state index is 0.0518. The van der Waals surface area contributed by atoms with E-state index in [2.05, 4.69) is 19.9 Å². The molecule has 1 aromatic heterocycles. The van der Waals surface area contributed by atoms with Crippen LogP contribution in [0.5, 0.6) is 11.6 Å². The Morgan fingerprint density at radius 2 is 1.71 bits per heavy atom. The summed E-state index contributed by atoms with van der Waals surface area (Å²) in [5, 5.41) is 8.43. The van der Waals surface area contributed by atoms with E-state index in [0.29, 0.717) is 18.2 Å². The summed E-state index contributed by atoms with van der Waals surface area (Å²) in [6.07, 6.45) is -3.63. The number of alkyl halides is 3. The number of anilines is 1. The molecule has 7 nitrogen and oxygen atoms in total. The number of ether oxygens (including phenoxy) is 1. The quantitative estimate of drug-likeness (QED) is 0.388. The molecule has 3 aromatic rings. The van der Waals surface area contributed by atoms with Crippen molar-refractivity contribution in [1.29, 1.82) is 0 Å². The number of hydrogen-bond donors (Lipinski definition) is 1. The first-order valence-electron chi connectivity index (χ1n) is 9.11. The highest BCUT2D eigenvalue weighted by Gasteiger charge is 2.35. The van der Waals surface area contributed by atoms with Gasteiger partial charge in [-0.2, -0.15) is 13.2 Å². The topological polar surface area (TPSA) is 93.5 Å². The molecule has 34 heavy (non-hydrogen) atoms. The van der Waals surface area contributed by atoms with Gasteiger partial charge in [0.1, 0.15) is 11.3 Å². The third kappa shape index (κ3) is 5.44. The Labute approximate surface area is 189 Å². The Morgan fingerprint density at radius 1 is 1.06 bits per heavy atom. The molecule has 0 saturated carbocycles. The summed E-state index contributed by atoms with van der Waals surface area (Å²) in [7, 11) is -1.45. The molecule has 0 saturated heterocycles. The van der Waals surface area contributed by atoms with Crippen molar-refractivity contribution in [3.8, 4) is 11.6 Å². The van der Waals surface area contributed by atoms with Crippen LogP contribution in [0.3, 0.4) is 0 Å². The number of halogens is 6. The zero-order valence-electron chi connectivity index (χ0n) is 17.3. The molecule has 2 aromatic carbocycles. The van der Waals surface area contributed by atoms with Gasteiger partial charge in [-0.3, -0.25) is 4.79 Å². The number of amides is 1. The zero-order chi connectivity index (χ0) is 25.3. The normalized spacial score (nSPS) is 13.2. The Morgan fingerprint density at radius 3 is 2.29 bits per heavy atom. The van der Waals surface area contributed by atoms with Crippen molar-refractivity contribution in [2.24, 2.45) is 4.36 Å². The lowest BCUT2D eigenvalue weighted by Crippen LogP contribution is -2.18. The van der Waals surface area contributed by atoms with Gasteiger partial charge < -0.3 is 10.1 Å². The molecule has 1 atom stereocenters. The average Bonchev–Trinajstić information content (AvgIpc) is 2.77. The number of benzene rings is 2. The number of carbonyl (C=O) groups is 1. The van der Waals surface area contributed by atoms with Gasteiger partial charge in [0.2, 0.25) is 0 Å². The van der Waals surface area contributed by atoms with Gasteiger partial charge in [-0.25, -0.2) is 21.7 Å². The molecule has 3 rings (SSSR count). The number of carbonyl (C=O) groups excluding carboxylic acids is 1. The summed E-state index contributed by atoms with van der Waals surface area (Å²) in [4.78, 5) is 13.0. The third-order valence-electron chi connectivity index (χ3n) is 4.34. The van der Waals surface area contributed by atoms with Crippen molar-refractivity contribution in [1.82, 2.24) is 10.2 Å². The van der Waals surface area contributed by atoms with E-state index in [1.807, 2.05) is 0 Å². The molecule has 0 bridgehead atoms. The summed E-state index contributed by atoms with van der Waals surface area (Å²) in [6.45, 7) is 0. The SMILES string of the molecule is CN=S(C)(=O)c1cccc(NC(=O)c2cc(C(F)(F)F)nnc2Oc2cc(F)c(F)c(F)c2)c1. The molecular weight excluding hydrogens is 490 g/mol. The van der Waals surface area contributed by atoms with E-state index in [1.165, 1.54) is 37.6 Å². The van der Waals surface area contributed by atoms with Crippen molar-refractivity contribution in [3.05, 3.63) is 71.2 Å². The summed E-state index contributed by atoms with van der Waals surface area (Å²) >= 11 is 0. The van der Waals surface area contributed by atoms with E-state index in [1.54, 1.807) is 0 Å². The predicted molar refractivity (Wildman–Crippen MR) is 109 cm³/mol. The highest BCUT2D eigenvalue weighted by atomic mass is 32.2. The van der Waals surface area contributed by atoms with Crippen molar-refractivity contribution in [3.63, 3.8) is 0 Å². The van der Waals surface area contributed by atoms with Crippen LogP contribution in [0.15, 0.2) is 51.7 Å². The molecule has 0 aliphatic heterocycles. The summed E-state index contributed by atoms with van der Waals surface area (Å²) in [6, 6.07) is 6.74. The van der Waals surface area contributed by atoms with E-state index in [4.69, 9.17) is 4.74 Å².